The Balaban J connectivity index is 0.000000791. The molecular weight excluding hydrogens is 293 g/mol. The molecule has 1 nitrogen and oxygen atoms in total. The molecule has 0 aliphatic carbocycles. The van der Waals surface area contributed by atoms with Crippen molar-refractivity contribution in [3.8, 4) is 5.75 Å². The van der Waals surface area contributed by atoms with Crippen LogP contribution in [0.2, 0.25) is 0 Å². The normalized spacial score (nSPS) is 9.00. The topological polar surface area (TPSA) is 9.23 Å². The minimum absolute atomic E-state index is 0.795. The van der Waals surface area contributed by atoms with E-state index in [1.165, 1.54) is 16.3 Å². The third-order valence-corrected chi connectivity index (χ3v) is 1.58. The SMILES string of the molecule is CCCOc1cc(C)[c-]c(C)c1.[Zn+][Br]. The molecule has 0 N–H and O–H groups in total. The molecular formula is C11H15BrOZn. The third-order valence-electron chi connectivity index (χ3n) is 1.58. The quantitative estimate of drug-likeness (QED) is 0.610. The van der Waals surface area contributed by atoms with Crippen molar-refractivity contribution in [3.05, 3.63) is 29.3 Å². The van der Waals surface area contributed by atoms with Gasteiger partial charge in [-0.15, -0.1) is 12.1 Å². The van der Waals surface area contributed by atoms with Gasteiger partial charge in [-0.3, -0.25) is 0 Å². The molecule has 0 aromatic heterocycles. The van der Waals surface area contributed by atoms with Gasteiger partial charge in [-0.2, -0.15) is 17.2 Å². The van der Waals surface area contributed by atoms with E-state index in [0.717, 1.165) is 29.9 Å². The summed E-state index contributed by atoms with van der Waals surface area (Å²) in [6.07, 6.45) is 1.05. The van der Waals surface area contributed by atoms with E-state index in [1.807, 2.05) is 26.0 Å². The number of halogens is 1. The van der Waals surface area contributed by atoms with E-state index >= 15 is 0 Å². The molecule has 3 heteroatoms. The van der Waals surface area contributed by atoms with E-state index in [-0.39, 0.29) is 0 Å². The standard InChI is InChI=1S/C11H15O.BrH.Zn/c1-4-5-12-11-7-9(2)6-10(3)8-11;;/h7-8H,4-5H2,1-3H3;1H;/q-1;;+2/p-1. The van der Waals surface area contributed by atoms with Crippen molar-refractivity contribution in [1.82, 2.24) is 0 Å². The first-order valence-electron chi connectivity index (χ1n) is 4.62. The summed E-state index contributed by atoms with van der Waals surface area (Å²) in [5.74, 6) is 0.964. The molecule has 0 heterocycles. The fraction of sp³-hybridized carbons (Fsp3) is 0.455. The fourth-order valence-electron chi connectivity index (χ4n) is 1.15. The van der Waals surface area contributed by atoms with Crippen molar-refractivity contribution >= 4 is 13.6 Å². The Kier molecular flexibility index (Phi) is 8.51. The number of aryl methyl sites for hydroxylation is 2. The Morgan fingerprint density at radius 3 is 2.21 bits per heavy atom. The van der Waals surface area contributed by atoms with Gasteiger partial charge in [0.05, 0.1) is 6.61 Å². The molecule has 0 radical (unpaired) electrons. The first-order chi connectivity index (χ1) is 6.72. The summed E-state index contributed by atoms with van der Waals surface area (Å²) in [7, 11) is 0. The van der Waals surface area contributed by atoms with Gasteiger partial charge in [0.15, 0.2) is 0 Å². The summed E-state index contributed by atoms with van der Waals surface area (Å²) in [6.45, 7) is 6.97. The second kappa shape index (κ2) is 8.43. The first-order valence-corrected chi connectivity index (χ1v) is 11.6. The van der Waals surface area contributed by atoms with Crippen molar-refractivity contribution in [2.75, 3.05) is 6.61 Å². The van der Waals surface area contributed by atoms with Crippen LogP contribution in [0, 0.1) is 19.9 Å². The van der Waals surface area contributed by atoms with Crippen LogP contribution in [0.15, 0.2) is 12.1 Å². The van der Waals surface area contributed by atoms with E-state index in [9.17, 15) is 0 Å². The maximum atomic E-state index is 5.50. The molecule has 14 heavy (non-hydrogen) atoms. The van der Waals surface area contributed by atoms with Gasteiger partial charge in [-0.05, 0) is 6.42 Å². The summed E-state index contributed by atoms with van der Waals surface area (Å²) >= 11 is 4.25. The maximum absolute atomic E-state index is 5.50. The van der Waals surface area contributed by atoms with Crippen LogP contribution >= 0.6 is 13.6 Å². The molecule has 0 aliphatic rings. The summed E-state index contributed by atoms with van der Waals surface area (Å²) in [4.78, 5) is 0. The van der Waals surface area contributed by atoms with Crippen molar-refractivity contribution in [3.63, 3.8) is 0 Å². The van der Waals surface area contributed by atoms with E-state index in [1.54, 1.807) is 0 Å². The van der Waals surface area contributed by atoms with Crippen molar-refractivity contribution < 1.29 is 21.1 Å². The van der Waals surface area contributed by atoms with Crippen LogP contribution in [0.1, 0.15) is 24.5 Å². The van der Waals surface area contributed by atoms with Gasteiger partial charge in [0.2, 0.25) is 0 Å². The van der Waals surface area contributed by atoms with Gasteiger partial charge in [-0.1, -0.05) is 20.8 Å². The van der Waals surface area contributed by atoms with Crippen molar-refractivity contribution in [2.24, 2.45) is 0 Å². The van der Waals surface area contributed by atoms with Gasteiger partial charge < -0.3 is 4.74 Å². The molecule has 0 bridgehead atoms. The Bertz CT molecular complexity index is 243. The molecule has 0 unspecified atom stereocenters. The molecule has 1 rings (SSSR count). The van der Waals surface area contributed by atoms with E-state index in [4.69, 9.17) is 4.74 Å². The van der Waals surface area contributed by atoms with Crippen molar-refractivity contribution in [2.45, 2.75) is 27.2 Å². The number of hydrogen-bond acceptors (Lipinski definition) is 1. The van der Waals surface area contributed by atoms with E-state index in [2.05, 4.69) is 26.6 Å². The van der Waals surface area contributed by atoms with E-state index in [0.29, 0.717) is 0 Å². The molecule has 0 fully saturated rings. The number of hydrogen-bond donors (Lipinski definition) is 0. The number of ether oxygens (including phenoxy) is 1. The predicted octanol–water partition coefficient (Wildman–Crippen LogP) is 3.74. The monoisotopic (exact) mass is 306 g/mol. The van der Waals surface area contributed by atoms with Crippen molar-refractivity contribution in [1.29, 1.82) is 0 Å². The van der Waals surface area contributed by atoms with Gasteiger partial charge in [-0.25, -0.2) is 0 Å². The van der Waals surface area contributed by atoms with E-state index < -0.39 is 0 Å². The zero-order valence-electron chi connectivity index (χ0n) is 9.06. The Labute approximate surface area is 103 Å². The molecule has 0 aliphatic heterocycles. The summed E-state index contributed by atoms with van der Waals surface area (Å²) in [6, 6.07) is 7.24. The zero-order valence-corrected chi connectivity index (χ0v) is 13.6. The molecule has 1 aromatic carbocycles. The molecule has 0 amide bonds. The molecule has 0 spiro atoms. The molecule has 74 valence electrons. The zero-order chi connectivity index (χ0) is 11.0. The summed E-state index contributed by atoms with van der Waals surface area (Å²) in [5, 5.41) is 0. The van der Waals surface area contributed by atoms with Crippen LogP contribution in [-0.4, -0.2) is 6.61 Å². The Hall–Kier alpha value is 0.123. The van der Waals surface area contributed by atoms with Crippen LogP contribution in [0.5, 0.6) is 5.75 Å². The Morgan fingerprint density at radius 2 is 1.79 bits per heavy atom. The van der Waals surface area contributed by atoms with Crippen LogP contribution < -0.4 is 4.74 Å². The van der Waals surface area contributed by atoms with Gasteiger partial charge in [0.1, 0.15) is 0 Å². The predicted molar refractivity (Wildman–Crippen MR) is 59.5 cm³/mol. The number of rotatable bonds is 3. The average molecular weight is 309 g/mol. The summed E-state index contributed by atoms with van der Waals surface area (Å²) in [5.41, 5.74) is 2.28. The third kappa shape index (κ3) is 5.77. The molecule has 1 aromatic rings. The Morgan fingerprint density at radius 1 is 1.29 bits per heavy atom. The van der Waals surface area contributed by atoms with Crippen LogP contribution in [0.3, 0.4) is 0 Å². The second-order valence-electron chi connectivity index (χ2n) is 3.03. The number of benzene rings is 1. The molecule has 0 atom stereocenters. The minimum atomic E-state index is 0.795. The van der Waals surface area contributed by atoms with Gasteiger partial charge in [0.25, 0.3) is 0 Å². The summed E-state index contributed by atoms with van der Waals surface area (Å²) < 4.78 is 5.50. The fourth-order valence-corrected chi connectivity index (χ4v) is 1.15. The molecule has 0 saturated heterocycles. The first kappa shape index (κ1) is 14.1. The van der Waals surface area contributed by atoms with Gasteiger partial charge in [0, 0.05) is 5.75 Å². The van der Waals surface area contributed by atoms with Gasteiger partial charge >= 0.3 is 30.0 Å². The second-order valence-corrected chi connectivity index (χ2v) is 3.03. The van der Waals surface area contributed by atoms with Crippen LogP contribution in [-0.2, 0) is 16.3 Å². The van der Waals surface area contributed by atoms with Crippen LogP contribution in [0.25, 0.3) is 0 Å². The van der Waals surface area contributed by atoms with Crippen LogP contribution in [0.4, 0.5) is 0 Å². The average Bonchev–Trinajstić information content (AvgIpc) is 2.16. The molecule has 0 saturated carbocycles.